The molecule has 1 aromatic heterocycles. The molecule has 3 atom stereocenters. The maximum atomic E-state index is 12.8. The summed E-state index contributed by atoms with van der Waals surface area (Å²) < 4.78 is 25.6. The van der Waals surface area contributed by atoms with Crippen molar-refractivity contribution in [3.63, 3.8) is 0 Å². The van der Waals surface area contributed by atoms with E-state index in [-0.39, 0.29) is 10.3 Å². The third kappa shape index (κ3) is 5.16. The average molecular weight is 435 g/mol. The van der Waals surface area contributed by atoms with Crippen LogP contribution < -0.4 is 5.32 Å². The van der Waals surface area contributed by atoms with Crippen LogP contribution in [0.5, 0.6) is 0 Å². The van der Waals surface area contributed by atoms with Crippen LogP contribution in [-0.4, -0.2) is 54.4 Å². The Labute approximate surface area is 182 Å². The van der Waals surface area contributed by atoms with Crippen molar-refractivity contribution < 1.29 is 8.42 Å². The molecule has 0 radical (unpaired) electrons. The molecule has 0 amide bonds. The highest BCUT2D eigenvalue weighted by atomic mass is 32.2. The van der Waals surface area contributed by atoms with Gasteiger partial charge in [0.2, 0.25) is 0 Å². The van der Waals surface area contributed by atoms with Gasteiger partial charge in [0.25, 0.3) is 0 Å². The second-order valence-electron chi connectivity index (χ2n) is 11.0. The summed E-state index contributed by atoms with van der Waals surface area (Å²) in [7, 11) is -3.35. The maximum absolute atomic E-state index is 12.8. The van der Waals surface area contributed by atoms with Gasteiger partial charge in [0.1, 0.15) is 5.82 Å². The third-order valence-corrected chi connectivity index (χ3v) is 9.43. The molecule has 7 heteroatoms. The number of fused-ring (bicyclic) bond motifs is 1. The monoisotopic (exact) mass is 434 g/mol. The largest absolute Gasteiger partial charge is 0.366 e. The standard InChI is InChI=1S/C23H38N4O2S/c1-23(2,3)11-12-27-15-17-13-19(14-18(17)16-27)24-21-9-10-22(26-25-21)30(28,29)20-7-5-4-6-8-20/h9-10,17-20H,4-8,11-16H2,1-3H3,(H,24,25)/t17-,18+,19?. The minimum atomic E-state index is -3.35. The molecule has 2 saturated carbocycles. The summed E-state index contributed by atoms with van der Waals surface area (Å²) in [5.74, 6) is 2.23. The van der Waals surface area contributed by atoms with Crippen LogP contribution >= 0.6 is 0 Å². The van der Waals surface area contributed by atoms with Crippen molar-refractivity contribution in [1.82, 2.24) is 15.1 Å². The first kappa shape index (κ1) is 22.0. The van der Waals surface area contributed by atoms with Crippen molar-refractivity contribution in [3.05, 3.63) is 12.1 Å². The van der Waals surface area contributed by atoms with Crippen LogP contribution in [0.1, 0.15) is 72.1 Å². The van der Waals surface area contributed by atoms with Gasteiger partial charge < -0.3 is 10.2 Å². The van der Waals surface area contributed by atoms with Crippen molar-refractivity contribution in [2.24, 2.45) is 17.3 Å². The Morgan fingerprint density at radius 2 is 1.70 bits per heavy atom. The van der Waals surface area contributed by atoms with E-state index in [0.717, 1.165) is 43.9 Å². The molecule has 1 unspecified atom stereocenters. The fourth-order valence-electron chi connectivity index (χ4n) is 5.50. The van der Waals surface area contributed by atoms with E-state index < -0.39 is 9.84 Å². The second-order valence-corrected chi connectivity index (χ2v) is 13.1. The van der Waals surface area contributed by atoms with E-state index in [2.05, 4.69) is 41.2 Å². The lowest BCUT2D eigenvalue weighted by Gasteiger charge is -2.24. The first-order valence-electron chi connectivity index (χ1n) is 11.8. The number of nitrogens with one attached hydrogen (secondary N) is 1. The molecule has 1 aromatic rings. The van der Waals surface area contributed by atoms with Crippen LogP contribution in [0.4, 0.5) is 5.82 Å². The minimum Gasteiger partial charge on any atom is -0.366 e. The Hall–Kier alpha value is -1.21. The summed E-state index contributed by atoms with van der Waals surface area (Å²) in [6, 6.07) is 3.86. The highest BCUT2D eigenvalue weighted by molar-refractivity contribution is 7.92. The molecule has 3 aliphatic rings. The van der Waals surface area contributed by atoms with Crippen molar-refractivity contribution in [3.8, 4) is 0 Å². The Morgan fingerprint density at radius 3 is 2.27 bits per heavy atom. The molecule has 1 aliphatic heterocycles. The predicted octanol–water partition coefficient (Wildman–Crippen LogP) is 4.14. The van der Waals surface area contributed by atoms with Crippen LogP contribution in [0, 0.1) is 17.3 Å². The van der Waals surface area contributed by atoms with E-state index in [4.69, 9.17) is 0 Å². The summed E-state index contributed by atoms with van der Waals surface area (Å²) in [5.41, 5.74) is 0.400. The lowest BCUT2D eigenvalue weighted by Crippen LogP contribution is -2.28. The number of nitrogens with zero attached hydrogens (tertiary/aromatic N) is 3. The molecule has 0 spiro atoms. The second kappa shape index (κ2) is 8.73. The number of hydrogen-bond acceptors (Lipinski definition) is 6. The van der Waals surface area contributed by atoms with Gasteiger partial charge in [-0.2, -0.15) is 0 Å². The fraction of sp³-hybridized carbons (Fsp3) is 0.826. The number of sulfone groups is 1. The van der Waals surface area contributed by atoms with E-state index in [9.17, 15) is 8.42 Å². The molecule has 0 aromatic carbocycles. The van der Waals surface area contributed by atoms with Crippen LogP contribution in [0.2, 0.25) is 0 Å². The van der Waals surface area contributed by atoms with Gasteiger partial charge >= 0.3 is 0 Å². The van der Waals surface area contributed by atoms with E-state index in [1.807, 2.05) is 0 Å². The zero-order chi connectivity index (χ0) is 21.4. The molecule has 168 valence electrons. The van der Waals surface area contributed by atoms with E-state index in [1.165, 1.54) is 38.9 Å². The number of anilines is 1. The molecule has 4 rings (SSSR count). The molecule has 1 N–H and O–H groups in total. The molecule has 6 nitrogen and oxygen atoms in total. The quantitative estimate of drug-likeness (QED) is 0.725. The van der Waals surface area contributed by atoms with Crippen molar-refractivity contribution in [2.75, 3.05) is 25.0 Å². The van der Waals surface area contributed by atoms with Gasteiger partial charge in [0.15, 0.2) is 14.9 Å². The van der Waals surface area contributed by atoms with Gasteiger partial charge in [-0.05, 0) is 68.0 Å². The summed E-state index contributed by atoms with van der Waals surface area (Å²) in [4.78, 5) is 2.64. The Kier molecular flexibility index (Phi) is 6.40. The molecule has 0 bridgehead atoms. The topological polar surface area (TPSA) is 75.2 Å². The van der Waals surface area contributed by atoms with E-state index in [0.29, 0.717) is 17.3 Å². The normalized spacial score (nSPS) is 28.6. The molecular formula is C23H38N4O2S. The number of likely N-dealkylation sites (tertiary alicyclic amines) is 1. The Bertz CT molecular complexity index is 799. The summed E-state index contributed by atoms with van der Waals surface area (Å²) in [5, 5.41) is 11.7. The van der Waals surface area contributed by atoms with Gasteiger partial charge in [0.05, 0.1) is 5.25 Å². The van der Waals surface area contributed by atoms with Crippen molar-refractivity contribution >= 4 is 15.7 Å². The summed E-state index contributed by atoms with van der Waals surface area (Å²) >= 11 is 0. The molecule has 2 heterocycles. The van der Waals surface area contributed by atoms with E-state index in [1.54, 1.807) is 12.1 Å². The zero-order valence-corrected chi connectivity index (χ0v) is 19.6. The molecule has 30 heavy (non-hydrogen) atoms. The SMILES string of the molecule is CC(C)(C)CCN1C[C@H]2CC(Nc3ccc(S(=O)(=O)C4CCCCC4)nn3)C[C@H]2C1. The average Bonchev–Trinajstić information content (AvgIpc) is 3.25. The van der Waals surface area contributed by atoms with Gasteiger partial charge in [-0.15, -0.1) is 10.2 Å². The lowest BCUT2D eigenvalue weighted by molar-refractivity contribution is 0.250. The highest BCUT2D eigenvalue weighted by Gasteiger charge is 2.41. The van der Waals surface area contributed by atoms with Gasteiger partial charge in [-0.3, -0.25) is 0 Å². The molecule has 1 saturated heterocycles. The van der Waals surface area contributed by atoms with Crippen LogP contribution in [0.25, 0.3) is 0 Å². The fourth-order valence-corrected chi connectivity index (χ4v) is 7.20. The molecule has 2 aliphatic carbocycles. The van der Waals surface area contributed by atoms with Crippen LogP contribution in [0.3, 0.4) is 0 Å². The first-order valence-corrected chi connectivity index (χ1v) is 13.3. The van der Waals surface area contributed by atoms with Crippen LogP contribution in [0.15, 0.2) is 17.2 Å². The maximum Gasteiger partial charge on any atom is 0.200 e. The van der Waals surface area contributed by atoms with Gasteiger partial charge in [-0.1, -0.05) is 40.0 Å². The van der Waals surface area contributed by atoms with Crippen molar-refractivity contribution in [2.45, 2.75) is 88.5 Å². The lowest BCUT2D eigenvalue weighted by atomic mass is 9.92. The van der Waals surface area contributed by atoms with Crippen molar-refractivity contribution in [1.29, 1.82) is 0 Å². The predicted molar refractivity (Wildman–Crippen MR) is 120 cm³/mol. The van der Waals surface area contributed by atoms with Gasteiger partial charge in [0, 0.05) is 19.1 Å². The highest BCUT2D eigenvalue weighted by Crippen LogP contribution is 2.39. The van der Waals surface area contributed by atoms with Crippen LogP contribution in [-0.2, 0) is 9.84 Å². The van der Waals surface area contributed by atoms with E-state index >= 15 is 0 Å². The summed E-state index contributed by atoms with van der Waals surface area (Å²) in [6.07, 6.45) is 8.21. The number of rotatable bonds is 6. The Morgan fingerprint density at radius 1 is 1.03 bits per heavy atom. The third-order valence-electron chi connectivity index (χ3n) is 7.28. The smallest absolute Gasteiger partial charge is 0.200 e. The number of hydrogen-bond donors (Lipinski definition) is 1. The molecule has 3 fully saturated rings. The zero-order valence-electron chi connectivity index (χ0n) is 18.8. The minimum absolute atomic E-state index is 0.137. The molecular weight excluding hydrogens is 396 g/mol. The summed E-state index contributed by atoms with van der Waals surface area (Å²) in [6.45, 7) is 10.6. The van der Waals surface area contributed by atoms with Gasteiger partial charge in [-0.25, -0.2) is 8.42 Å². The Balaban J connectivity index is 1.28. The number of aromatic nitrogens is 2. The first-order chi connectivity index (χ1) is 14.2.